The number of carbonyl (C=O) groups excluding carboxylic acids is 1. The van der Waals surface area contributed by atoms with Crippen LogP contribution in [0.3, 0.4) is 0 Å². The molecule has 0 radical (unpaired) electrons. The third-order valence-electron chi connectivity index (χ3n) is 4.78. The maximum Gasteiger partial charge on any atom is 0.253 e. The maximum absolute atomic E-state index is 12.4. The van der Waals surface area contributed by atoms with E-state index in [0.29, 0.717) is 0 Å². The molecule has 23 heavy (non-hydrogen) atoms. The summed E-state index contributed by atoms with van der Waals surface area (Å²) in [4.78, 5) is 15.0. The van der Waals surface area contributed by atoms with Gasteiger partial charge in [-0.15, -0.1) is 0 Å². The van der Waals surface area contributed by atoms with E-state index in [1.54, 1.807) is 0 Å². The lowest BCUT2D eigenvalue weighted by Crippen LogP contribution is -2.31. The molecule has 2 heterocycles. The van der Waals surface area contributed by atoms with Gasteiger partial charge in [0.05, 0.1) is 5.56 Å². The van der Waals surface area contributed by atoms with Gasteiger partial charge in [0.1, 0.15) is 0 Å². The average Bonchev–Trinajstić information content (AvgIpc) is 2.93. The topological polar surface area (TPSA) is 37.3 Å². The smallest absolute Gasteiger partial charge is 0.253 e. The second-order valence-corrected chi connectivity index (χ2v) is 6.54. The molecule has 1 aliphatic heterocycles. The molecule has 1 aliphatic rings. The highest BCUT2D eigenvalue weighted by atomic mass is 16.1. The molecule has 124 valence electrons. The molecular weight excluding hydrogens is 286 g/mol. The predicted molar refractivity (Wildman–Crippen MR) is 94.8 cm³/mol. The first-order valence-corrected chi connectivity index (χ1v) is 8.80. The Morgan fingerprint density at radius 2 is 1.91 bits per heavy atom. The molecule has 0 bridgehead atoms. The second kappa shape index (κ2) is 7.64. The van der Waals surface area contributed by atoms with Crippen molar-refractivity contribution in [2.24, 2.45) is 7.05 Å². The summed E-state index contributed by atoms with van der Waals surface area (Å²) in [6.45, 7) is 4.44. The normalized spacial score (nSPS) is 15.9. The Labute approximate surface area is 138 Å². The van der Waals surface area contributed by atoms with Gasteiger partial charge in [0.25, 0.3) is 5.91 Å². The molecule has 0 aliphatic carbocycles. The molecule has 1 aromatic heterocycles. The van der Waals surface area contributed by atoms with Gasteiger partial charge in [0, 0.05) is 30.7 Å². The van der Waals surface area contributed by atoms with Crippen LogP contribution in [-0.2, 0) is 7.05 Å². The van der Waals surface area contributed by atoms with Crippen LogP contribution >= 0.6 is 0 Å². The summed E-state index contributed by atoms with van der Waals surface area (Å²) in [7, 11) is 1.98. The zero-order valence-electron chi connectivity index (χ0n) is 14.1. The van der Waals surface area contributed by atoms with Crippen molar-refractivity contribution < 1.29 is 4.79 Å². The van der Waals surface area contributed by atoms with E-state index in [4.69, 9.17) is 0 Å². The number of para-hydroxylation sites is 1. The summed E-state index contributed by atoms with van der Waals surface area (Å²) in [5, 5.41) is 4.10. The van der Waals surface area contributed by atoms with Crippen LogP contribution in [-0.4, -0.2) is 41.6 Å². The van der Waals surface area contributed by atoms with Crippen molar-refractivity contribution in [1.82, 2.24) is 14.8 Å². The fraction of sp³-hybridized carbons (Fsp3) is 0.526. The lowest BCUT2D eigenvalue weighted by atomic mass is 10.1. The Morgan fingerprint density at radius 1 is 1.13 bits per heavy atom. The van der Waals surface area contributed by atoms with Crippen molar-refractivity contribution in [1.29, 1.82) is 0 Å². The molecule has 3 rings (SSSR count). The lowest BCUT2D eigenvalue weighted by Gasteiger charge is -2.26. The minimum atomic E-state index is 0.0415. The van der Waals surface area contributed by atoms with Crippen molar-refractivity contribution in [3.05, 3.63) is 36.0 Å². The van der Waals surface area contributed by atoms with E-state index in [2.05, 4.69) is 10.2 Å². The Bertz CT molecular complexity index is 656. The maximum atomic E-state index is 12.4. The van der Waals surface area contributed by atoms with Gasteiger partial charge in [0.2, 0.25) is 0 Å². The highest BCUT2D eigenvalue weighted by molar-refractivity contribution is 6.06. The third-order valence-corrected chi connectivity index (χ3v) is 4.78. The minimum Gasteiger partial charge on any atom is -0.352 e. The van der Waals surface area contributed by atoms with E-state index >= 15 is 0 Å². The van der Waals surface area contributed by atoms with Gasteiger partial charge in [-0.25, -0.2) is 0 Å². The molecule has 1 fully saturated rings. The van der Waals surface area contributed by atoms with Crippen LogP contribution in [0.1, 0.15) is 42.5 Å². The van der Waals surface area contributed by atoms with Gasteiger partial charge >= 0.3 is 0 Å². The van der Waals surface area contributed by atoms with Gasteiger partial charge in [-0.2, -0.15) is 0 Å². The number of aryl methyl sites for hydroxylation is 1. The van der Waals surface area contributed by atoms with Crippen LogP contribution in [0.15, 0.2) is 30.5 Å². The number of amides is 1. The molecular formula is C19H27N3O. The summed E-state index contributed by atoms with van der Waals surface area (Å²) in [6.07, 6.45) is 8.21. The van der Waals surface area contributed by atoms with E-state index in [-0.39, 0.29) is 5.91 Å². The molecule has 0 spiro atoms. The van der Waals surface area contributed by atoms with Crippen LogP contribution in [0.25, 0.3) is 10.9 Å². The van der Waals surface area contributed by atoms with Crippen molar-refractivity contribution in [2.75, 3.05) is 26.2 Å². The molecule has 2 aromatic rings. The first-order chi connectivity index (χ1) is 11.3. The predicted octanol–water partition coefficient (Wildman–Crippen LogP) is 3.17. The molecule has 0 unspecified atom stereocenters. The summed E-state index contributed by atoms with van der Waals surface area (Å²) in [5.74, 6) is 0.0415. The number of nitrogens with one attached hydrogen (secondary N) is 1. The fourth-order valence-electron chi connectivity index (χ4n) is 3.46. The number of fused-ring (bicyclic) bond motifs is 1. The van der Waals surface area contributed by atoms with Crippen molar-refractivity contribution in [3.63, 3.8) is 0 Å². The van der Waals surface area contributed by atoms with Crippen molar-refractivity contribution in [2.45, 2.75) is 32.1 Å². The van der Waals surface area contributed by atoms with Gasteiger partial charge in [-0.3, -0.25) is 4.79 Å². The van der Waals surface area contributed by atoms with Gasteiger partial charge in [-0.1, -0.05) is 24.6 Å². The standard InChI is InChI=1S/C19H27N3O/c1-21-15-17(16-9-3-4-10-18(16)21)19(23)20-11-5-8-14-22-12-6-2-7-13-22/h3-4,9-10,15H,2,5-8,11-14H2,1H3,(H,20,23). The molecule has 1 N–H and O–H groups in total. The zero-order chi connectivity index (χ0) is 16.1. The number of likely N-dealkylation sites (tertiary alicyclic amines) is 1. The number of hydrogen-bond acceptors (Lipinski definition) is 2. The zero-order valence-corrected chi connectivity index (χ0v) is 14.1. The lowest BCUT2D eigenvalue weighted by molar-refractivity contribution is 0.0954. The SMILES string of the molecule is Cn1cc(C(=O)NCCCCN2CCCCC2)c2ccccc21. The minimum absolute atomic E-state index is 0.0415. The number of piperidine rings is 1. The Morgan fingerprint density at radius 3 is 2.74 bits per heavy atom. The number of carbonyl (C=O) groups is 1. The average molecular weight is 313 g/mol. The summed E-state index contributed by atoms with van der Waals surface area (Å²) >= 11 is 0. The van der Waals surface area contributed by atoms with Gasteiger partial charge < -0.3 is 14.8 Å². The Kier molecular flexibility index (Phi) is 5.34. The van der Waals surface area contributed by atoms with Crippen LogP contribution in [0, 0.1) is 0 Å². The van der Waals surface area contributed by atoms with Crippen LogP contribution in [0.4, 0.5) is 0 Å². The van der Waals surface area contributed by atoms with Crippen molar-refractivity contribution >= 4 is 16.8 Å². The van der Waals surface area contributed by atoms with Crippen LogP contribution in [0.2, 0.25) is 0 Å². The number of unbranched alkanes of at least 4 members (excludes halogenated alkanes) is 1. The summed E-state index contributed by atoms with van der Waals surface area (Å²) in [5.41, 5.74) is 1.88. The molecule has 0 saturated carbocycles. The number of hydrogen-bond donors (Lipinski definition) is 1. The van der Waals surface area contributed by atoms with Gasteiger partial charge in [0.15, 0.2) is 0 Å². The van der Waals surface area contributed by atoms with E-state index in [0.717, 1.165) is 35.9 Å². The van der Waals surface area contributed by atoms with Crippen LogP contribution in [0.5, 0.6) is 0 Å². The number of aromatic nitrogens is 1. The Balaban J connectivity index is 1.45. The van der Waals surface area contributed by atoms with Crippen LogP contribution < -0.4 is 5.32 Å². The second-order valence-electron chi connectivity index (χ2n) is 6.54. The largest absolute Gasteiger partial charge is 0.352 e. The first-order valence-electron chi connectivity index (χ1n) is 8.80. The quantitative estimate of drug-likeness (QED) is 0.832. The number of benzene rings is 1. The highest BCUT2D eigenvalue weighted by Gasteiger charge is 2.13. The molecule has 1 saturated heterocycles. The third kappa shape index (κ3) is 3.94. The van der Waals surface area contributed by atoms with E-state index < -0.39 is 0 Å². The highest BCUT2D eigenvalue weighted by Crippen LogP contribution is 2.20. The monoisotopic (exact) mass is 313 g/mol. The van der Waals surface area contributed by atoms with E-state index in [9.17, 15) is 4.79 Å². The molecule has 0 atom stereocenters. The number of nitrogens with zero attached hydrogens (tertiary/aromatic N) is 2. The molecule has 4 nitrogen and oxygen atoms in total. The summed E-state index contributed by atoms with van der Waals surface area (Å²) in [6, 6.07) is 8.05. The molecule has 1 aromatic carbocycles. The summed E-state index contributed by atoms with van der Waals surface area (Å²) < 4.78 is 2.01. The van der Waals surface area contributed by atoms with Gasteiger partial charge in [-0.05, 0) is 51.4 Å². The Hall–Kier alpha value is -1.81. The molecule has 4 heteroatoms. The molecule has 1 amide bonds. The number of rotatable bonds is 6. The van der Waals surface area contributed by atoms with E-state index in [1.165, 1.54) is 38.9 Å². The van der Waals surface area contributed by atoms with Crippen molar-refractivity contribution in [3.8, 4) is 0 Å². The van der Waals surface area contributed by atoms with E-state index in [1.807, 2.05) is 42.1 Å². The first kappa shape index (κ1) is 16.1. The fourth-order valence-corrected chi connectivity index (χ4v) is 3.46.